The molecule has 0 rings (SSSR count). The third-order valence-electron chi connectivity index (χ3n) is 4.29. The van der Waals surface area contributed by atoms with Crippen molar-refractivity contribution in [3.8, 4) is 0 Å². The van der Waals surface area contributed by atoms with E-state index in [0.29, 0.717) is 12.8 Å². The number of carboxylic acids is 2. The molecule has 0 saturated carbocycles. The molecule has 29 heavy (non-hydrogen) atoms. The maximum absolute atomic E-state index is 12.4. The summed E-state index contributed by atoms with van der Waals surface area (Å²) in [5.41, 5.74) is 5.70. The summed E-state index contributed by atoms with van der Waals surface area (Å²) in [7, 11) is 0. The Kier molecular flexibility index (Phi) is 11.5. The second-order valence-corrected chi connectivity index (χ2v) is 7.38. The molecule has 166 valence electrons. The van der Waals surface area contributed by atoms with Crippen molar-refractivity contribution in [1.82, 2.24) is 16.0 Å². The lowest BCUT2D eigenvalue weighted by Crippen LogP contribution is -2.55. The minimum absolute atomic E-state index is 0.181. The minimum Gasteiger partial charge on any atom is -0.481 e. The molecule has 0 radical (unpaired) electrons. The molecule has 0 aromatic heterocycles. The topological polar surface area (TPSA) is 188 Å². The normalized spacial score (nSPS) is 15.0. The number of carbonyl (C=O) groups is 5. The van der Waals surface area contributed by atoms with Crippen molar-refractivity contribution in [2.75, 3.05) is 6.54 Å². The predicted molar refractivity (Wildman–Crippen MR) is 104 cm³/mol. The quantitative estimate of drug-likeness (QED) is 0.221. The van der Waals surface area contributed by atoms with E-state index in [1.54, 1.807) is 13.8 Å². The van der Waals surface area contributed by atoms with E-state index < -0.39 is 66.7 Å². The Morgan fingerprint density at radius 3 is 2.00 bits per heavy atom. The summed E-state index contributed by atoms with van der Waals surface area (Å²) < 4.78 is 0. The SMILES string of the molecule is CCC(C)C(NC(=O)C(CC(=O)O)NC(=O)CNC(=O)C(N)CC(C)C)C(=O)O. The zero-order valence-corrected chi connectivity index (χ0v) is 17.2. The van der Waals surface area contributed by atoms with Crippen molar-refractivity contribution in [2.24, 2.45) is 17.6 Å². The van der Waals surface area contributed by atoms with Gasteiger partial charge in [0.05, 0.1) is 19.0 Å². The van der Waals surface area contributed by atoms with Crippen LogP contribution in [0.25, 0.3) is 0 Å². The van der Waals surface area contributed by atoms with E-state index in [1.165, 1.54) is 0 Å². The molecule has 4 atom stereocenters. The molecule has 0 spiro atoms. The molecule has 0 aliphatic carbocycles. The highest BCUT2D eigenvalue weighted by atomic mass is 16.4. The third-order valence-corrected chi connectivity index (χ3v) is 4.29. The second kappa shape index (κ2) is 12.7. The Morgan fingerprint density at radius 1 is 0.966 bits per heavy atom. The predicted octanol–water partition coefficient (Wildman–Crippen LogP) is -0.949. The van der Waals surface area contributed by atoms with Crippen LogP contribution in [0.4, 0.5) is 0 Å². The summed E-state index contributed by atoms with van der Waals surface area (Å²) >= 11 is 0. The van der Waals surface area contributed by atoms with Crippen LogP contribution < -0.4 is 21.7 Å². The molecule has 11 nitrogen and oxygen atoms in total. The van der Waals surface area contributed by atoms with Gasteiger partial charge >= 0.3 is 11.9 Å². The van der Waals surface area contributed by atoms with Crippen LogP contribution in [0.1, 0.15) is 47.0 Å². The van der Waals surface area contributed by atoms with Gasteiger partial charge in [-0.05, 0) is 18.3 Å². The smallest absolute Gasteiger partial charge is 0.326 e. The minimum atomic E-state index is -1.49. The Hall–Kier alpha value is -2.69. The zero-order valence-electron chi connectivity index (χ0n) is 17.2. The fourth-order valence-electron chi connectivity index (χ4n) is 2.48. The van der Waals surface area contributed by atoms with Crippen LogP contribution in [0.2, 0.25) is 0 Å². The molecule has 0 saturated heterocycles. The Labute approximate surface area is 169 Å². The van der Waals surface area contributed by atoms with Gasteiger partial charge in [-0.3, -0.25) is 19.2 Å². The Bertz CT molecular complexity index is 609. The van der Waals surface area contributed by atoms with E-state index in [-0.39, 0.29) is 5.92 Å². The molecule has 0 aliphatic heterocycles. The average Bonchev–Trinajstić information content (AvgIpc) is 2.61. The second-order valence-electron chi connectivity index (χ2n) is 7.38. The van der Waals surface area contributed by atoms with E-state index in [1.807, 2.05) is 13.8 Å². The number of carboxylic acid groups (broad SMARTS) is 2. The van der Waals surface area contributed by atoms with Crippen LogP contribution in [-0.4, -0.2) is 64.5 Å². The maximum Gasteiger partial charge on any atom is 0.326 e. The zero-order chi connectivity index (χ0) is 22.7. The fraction of sp³-hybridized carbons (Fsp3) is 0.722. The van der Waals surface area contributed by atoms with Crippen molar-refractivity contribution < 1.29 is 34.2 Å². The molecule has 3 amide bonds. The molecule has 0 aromatic carbocycles. The van der Waals surface area contributed by atoms with Gasteiger partial charge in [-0.25, -0.2) is 4.79 Å². The molecule has 0 aromatic rings. The van der Waals surface area contributed by atoms with Crippen molar-refractivity contribution in [1.29, 1.82) is 0 Å². The van der Waals surface area contributed by atoms with Gasteiger partial charge < -0.3 is 31.9 Å². The van der Waals surface area contributed by atoms with Crippen molar-refractivity contribution in [2.45, 2.75) is 65.1 Å². The summed E-state index contributed by atoms with van der Waals surface area (Å²) in [6, 6.07) is -3.52. The molecule has 0 heterocycles. The van der Waals surface area contributed by atoms with Crippen LogP contribution >= 0.6 is 0 Å². The summed E-state index contributed by atoms with van der Waals surface area (Å²) in [6.07, 6.45) is 0.144. The number of carbonyl (C=O) groups excluding carboxylic acids is 3. The molecule has 7 N–H and O–H groups in total. The van der Waals surface area contributed by atoms with Gasteiger partial charge in [0.2, 0.25) is 17.7 Å². The summed E-state index contributed by atoms with van der Waals surface area (Å²) in [4.78, 5) is 58.6. The van der Waals surface area contributed by atoms with Crippen LogP contribution in [0.5, 0.6) is 0 Å². The highest BCUT2D eigenvalue weighted by Crippen LogP contribution is 2.09. The lowest BCUT2D eigenvalue weighted by Gasteiger charge is -2.23. The molecule has 0 aliphatic rings. The summed E-state index contributed by atoms with van der Waals surface area (Å²) in [6.45, 7) is 6.65. The summed E-state index contributed by atoms with van der Waals surface area (Å²) in [5.74, 6) is -5.12. The molecular weight excluding hydrogens is 384 g/mol. The molecule has 0 bridgehead atoms. The first-order chi connectivity index (χ1) is 13.4. The van der Waals surface area contributed by atoms with Gasteiger partial charge in [-0.2, -0.15) is 0 Å². The number of rotatable bonds is 13. The lowest BCUT2D eigenvalue weighted by molar-refractivity contribution is -0.144. The van der Waals surface area contributed by atoms with Crippen LogP contribution in [0.3, 0.4) is 0 Å². The maximum atomic E-state index is 12.4. The molecule has 4 unspecified atom stereocenters. The van der Waals surface area contributed by atoms with E-state index in [2.05, 4.69) is 16.0 Å². The van der Waals surface area contributed by atoms with Crippen molar-refractivity contribution >= 4 is 29.7 Å². The number of nitrogens with two attached hydrogens (primary N) is 1. The Morgan fingerprint density at radius 2 is 1.55 bits per heavy atom. The Balaban J connectivity index is 4.95. The van der Waals surface area contributed by atoms with Gasteiger partial charge in [0, 0.05) is 0 Å². The van der Waals surface area contributed by atoms with E-state index >= 15 is 0 Å². The van der Waals surface area contributed by atoms with Crippen molar-refractivity contribution in [3.05, 3.63) is 0 Å². The first kappa shape index (κ1) is 26.3. The van der Waals surface area contributed by atoms with Gasteiger partial charge in [0.25, 0.3) is 0 Å². The third kappa shape index (κ3) is 10.4. The number of hydrogen-bond donors (Lipinski definition) is 6. The van der Waals surface area contributed by atoms with Crippen molar-refractivity contribution in [3.63, 3.8) is 0 Å². The first-order valence-electron chi connectivity index (χ1n) is 9.46. The highest BCUT2D eigenvalue weighted by Gasteiger charge is 2.30. The van der Waals surface area contributed by atoms with E-state index in [0.717, 1.165) is 0 Å². The summed E-state index contributed by atoms with van der Waals surface area (Å²) in [5, 5.41) is 25.0. The molecule has 0 fully saturated rings. The average molecular weight is 416 g/mol. The van der Waals surface area contributed by atoms with Gasteiger partial charge in [0.15, 0.2) is 0 Å². The number of nitrogens with one attached hydrogen (secondary N) is 3. The lowest BCUT2D eigenvalue weighted by atomic mass is 9.98. The van der Waals surface area contributed by atoms with Gasteiger partial charge in [0.1, 0.15) is 12.1 Å². The van der Waals surface area contributed by atoms with Crippen LogP contribution in [0, 0.1) is 11.8 Å². The first-order valence-corrected chi connectivity index (χ1v) is 9.46. The van der Waals surface area contributed by atoms with E-state index in [9.17, 15) is 29.1 Å². The fourth-order valence-corrected chi connectivity index (χ4v) is 2.48. The standard InChI is InChI=1S/C18H32N4O7/c1-5-10(4)15(18(28)29)22-17(27)12(7-14(24)25)21-13(23)8-20-16(26)11(19)6-9(2)3/h9-12,15H,5-8,19H2,1-4H3,(H,20,26)(H,21,23)(H,22,27)(H,24,25)(H,28,29). The largest absolute Gasteiger partial charge is 0.481 e. The van der Waals surface area contributed by atoms with E-state index in [4.69, 9.17) is 10.8 Å². The van der Waals surface area contributed by atoms with Crippen LogP contribution in [-0.2, 0) is 24.0 Å². The number of hydrogen-bond acceptors (Lipinski definition) is 6. The highest BCUT2D eigenvalue weighted by molar-refractivity contribution is 5.94. The van der Waals surface area contributed by atoms with Gasteiger partial charge in [-0.1, -0.05) is 34.1 Å². The number of aliphatic carboxylic acids is 2. The van der Waals surface area contributed by atoms with Gasteiger partial charge in [-0.15, -0.1) is 0 Å². The molecular formula is C18H32N4O7. The monoisotopic (exact) mass is 416 g/mol. The molecule has 11 heteroatoms. The van der Waals surface area contributed by atoms with Crippen LogP contribution in [0.15, 0.2) is 0 Å². The number of amides is 3.